The van der Waals surface area contributed by atoms with Crippen molar-refractivity contribution in [2.24, 2.45) is 0 Å². The lowest BCUT2D eigenvalue weighted by Crippen LogP contribution is -2.45. The van der Waals surface area contributed by atoms with Gasteiger partial charge in [0.05, 0.1) is 39.9 Å². The lowest BCUT2D eigenvalue weighted by molar-refractivity contribution is -0.870. The van der Waals surface area contributed by atoms with Crippen LogP contribution in [-0.4, -0.2) is 68.5 Å². The number of quaternary nitrogens is 1. The van der Waals surface area contributed by atoms with Crippen molar-refractivity contribution >= 4 is 13.7 Å². The van der Waals surface area contributed by atoms with Crippen LogP contribution < -0.4 is 10.2 Å². The first kappa shape index (κ1) is 86.2. The Kier molecular flexibility index (Phi) is 67.3. The fourth-order valence-electron chi connectivity index (χ4n) is 10.9. The average molecular weight is 1260 g/mol. The van der Waals surface area contributed by atoms with E-state index >= 15 is 0 Å². The van der Waals surface area contributed by atoms with E-state index in [1.165, 1.54) is 225 Å². The van der Waals surface area contributed by atoms with Crippen LogP contribution in [0.4, 0.5) is 0 Å². The van der Waals surface area contributed by atoms with E-state index in [-0.39, 0.29) is 19.1 Å². The number of carbonyl (C=O) groups excluding carboxylic acids is 1. The molecule has 0 aromatic carbocycles. The number of hydrogen-bond acceptors (Lipinski definition) is 6. The summed E-state index contributed by atoms with van der Waals surface area (Å²) in [5.41, 5.74) is 0. The molecule has 3 atom stereocenters. The van der Waals surface area contributed by atoms with Gasteiger partial charge in [0, 0.05) is 6.42 Å². The highest BCUT2D eigenvalue weighted by Crippen LogP contribution is 2.38. The van der Waals surface area contributed by atoms with Gasteiger partial charge in [-0.25, -0.2) is 0 Å². The van der Waals surface area contributed by atoms with Crippen LogP contribution in [0.5, 0.6) is 0 Å². The number of aliphatic hydroxyl groups excluding tert-OH is 1. The number of phosphoric ester groups is 1. The van der Waals surface area contributed by atoms with Gasteiger partial charge >= 0.3 is 0 Å². The number of carbonyl (C=O) groups is 1. The van der Waals surface area contributed by atoms with E-state index in [2.05, 4.69) is 116 Å². The molecular formula is C80H145N2O6P. The van der Waals surface area contributed by atoms with Crippen LogP contribution in [0, 0.1) is 0 Å². The van der Waals surface area contributed by atoms with Crippen molar-refractivity contribution in [3.8, 4) is 0 Å². The molecule has 0 aliphatic heterocycles. The Balaban J connectivity index is 4.08. The van der Waals surface area contributed by atoms with E-state index in [4.69, 9.17) is 9.05 Å². The van der Waals surface area contributed by atoms with Gasteiger partial charge in [-0.3, -0.25) is 9.36 Å². The summed E-state index contributed by atoms with van der Waals surface area (Å²) in [5.74, 6) is -0.202. The molecule has 0 aromatic heterocycles. The third-order valence-corrected chi connectivity index (χ3v) is 17.7. The number of phosphoric acid groups is 1. The highest BCUT2D eigenvalue weighted by Gasteiger charge is 2.23. The maximum atomic E-state index is 13.1. The Morgan fingerprint density at radius 1 is 0.404 bits per heavy atom. The summed E-state index contributed by atoms with van der Waals surface area (Å²) in [6, 6.07) is -0.898. The van der Waals surface area contributed by atoms with Gasteiger partial charge in [-0.1, -0.05) is 361 Å². The van der Waals surface area contributed by atoms with Gasteiger partial charge in [-0.05, 0) is 83.5 Å². The van der Waals surface area contributed by atoms with E-state index in [0.717, 1.165) is 96.3 Å². The molecule has 1 amide bonds. The van der Waals surface area contributed by atoms with Gasteiger partial charge in [0.2, 0.25) is 5.91 Å². The van der Waals surface area contributed by atoms with Gasteiger partial charge in [0.15, 0.2) is 0 Å². The normalized spacial score (nSPS) is 14.2. The molecule has 0 saturated heterocycles. The van der Waals surface area contributed by atoms with Crippen molar-refractivity contribution in [3.05, 3.63) is 109 Å². The van der Waals surface area contributed by atoms with E-state index in [9.17, 15) is 19.4 Å². The smallest absolute Gasteiger partial charge is 0.268 e. The second kappa shape index (κ2) is 69.5. The van der Waals surface area contributed by atoms with Gasteiger partial charge < -0.3 is 28.8 Å². The molecule has 8 nitrogen and oxygen atoms in total. The molecule has 2 N–H and O–H groups in total. The Bertz CT molecular complexity index is 1820. The van der Waals surface area contributed by atoms with Crippen molar-refractivity contribution in [1.82, 2.24) is 5.32 Å². The maximum absolute atomic E-state index is 13.1. The second-order valence-corrected chi connectivity index (χ2v) is 28.0. The van der Waals surface area contributed by atoms with Crippen LogP contribution in [0.1, 0.15) is 341 Å². The van der Waals surface area contributed by atoms with Crippen molar-refractivity contribution in [3.63, 3.8) is 0 Å². The Hall–Kier alpha value is -2.84. The highest BCUT2D eigenvalue weighted by molar-refractivity contribution is 7.45. The number of nitrogens with zero attached hydrogens (tertiary/aromatic N) is 1. The van der Waals surface area contributed by atoms with Gasteiger partial charge in [0.25, 0.3) is 7.82 Å². The molecule has 0 saturated carbocycles. The molecule has 0 aromatic rings. The van der Waals surface area contributed by atoms with Gasteiger partial charge in [0.1, 0.15) is 13.2 Å². The van der Waals surface area contributed by atoms with E-state index < -0.39 is 20.0 Å². The molecule has 0 bridgehead atoms. The molecule has 0 heterocycles. The predicted molar refractivity (Wildman–Crippen MR) is 389 cm³/mol. The molecule has 0 aliphatic rings. The van der Waals surface area contributed by atoms with Crippen LogP contribution in [0.2, 0.25) is 0 Å². The maximum Gasteiger partial charge on any atom is 0.268 e. The summed E-state index contributed by atoms with van der Waals surface area (Å²) in [6.45, 7) is 4.56. The first-order valence-corrected chi connectivity index (χ1v) is 39.2. The van der Waals surface area contributed by atoms with Crippen molar-refractivity contribution in [2.75, 3.05) is 40.9 Å². The van der Waals surface area contributed by atoms with E-state index in [1.807, 2.05) is 27.2 Å². The van der Waals surface area contributed by atoms with Gasteiger partial charge in [-0.15, -0.1) is 0 Å². The summed E-state index contributed by atoms with van der Waals surface area (Å²) in [6.07, 6.45) is 102. The van der Waals surface area contributed by atoms with Crippen molar-refractivity contribution in [2.45, 2.75) is 353 Å². The molecule has 0 aliphatic carbocycles. The van der Waals surface area contributed by atoms with Crippen LogP contribution in [-0.2, 0) is 18.4 Å². The molecular weight excluding hydrogens is 1120 g/mol. The topological polar surface area (TPSA) is 108 Å². The minimum Gasteiger partial charge on any atom is -0.756 e. The number of unbranched alkanes of at least 4 members (excludes halogenated alkanes) is 40. The Morgan fingerprint density at radius 3 is 1.00 bits per heavy atom. The monoisotopic (exact) mass is 1260 g/mol. The largest absolute Gasteiger partial charge is 0.756 e. The fourth-order valence-corrected chi connectivity index (χ4v) is 11.7. The minimum atomic E-state index is -4.61. The molecule has 516 valence electrons. The number of allylic oxidation sites excluding steroid dienone is 17. The molecule has 0 rings (SSSR count). The SMILES string of the molecule is CC/C=C\C/C=C\C/C=C\C/C=C\C/C=C\C/C=C\C/C=C\C/C=C\CCCCCCCCCCCCC(=O)NC(COP(=O)([O-])OCC[N+](C)(C)C)C(O)/C=C/CCCCCCCCCCCCCCCCCCCCCCCCCCCCCCCC. The van der Waals surface area contributed by atoms with E-state index in [1.54, 1.807) is 6.08 Å². The summed E-state index contributed by atoms with van der Waals surface area (Å²) in [7, 11) is 1.26. The Labute approximate surface area is 552 Å². The third-order valence-electron chi connectivity index (χ3n) is 16.7. The molecule has 3 unspecified atom stereocenters. The number of nitrogens with one attached hydrogen (secondary N) is 1. The number of likely N-dealkylation sites (N-methyl/N-ethyl adjacent to an activating group) is 1. The van der Waals surface area contributed by atoms with Crippen LogP contribution >= 0.6 is 7.82 Å². The zero-order valence-corrected chi connectivity index (χ0v) is 60.0. The molecule has 9 heteroatoms. The van der Waals surface area contributed by atoms with E-state index in [0.29, 0.717) is 17.4 Å². The number of rotatable bonds is 69. The number of hydrogen-bond donors (Lipinski definition) is 2. The Morgan fingerprint density at radius 2 is 0.685 bits per heavy atom. The van der Waals surface area contributed by atoms with Crippen LogP contribution in [0.25, 0.3) is 0 Å². The molecule has 89 heavy (non-hydrogen) atoms. The molecule has 0 radical (unpaired) electrons. The van der Waals surface area contributed by atoms with Crippen molar-refractivity contribution in [1.29, 1.82) is 0 Å². The lowest BCUT2D eigenvalue weighted by Gasteiger charge is -2.29. The van der Waals surface area contributed by atoms with Crippen LogP contribution in [0.15, 0.2) is 109 Å². The third kappa shape index (κ3) is 72.4. The number of amides is 1. The summed E-state index contributed by atoms with van der Waals surface area (Å²) >= 11 is 0. The summed E-state index contributed by atoms with van der Waals surface area (Å²) in [4.78, 5) is 25.7. The predicted octanol–water partition coefficient (Wildman–Crippen LogP) is 24.0. The first-order valence-electron chi connectivity index (χ1n) is 37.7. The van der Waals surface area contributed by atoms with Gasteiger partial charge in [-0.2, -0.15) is 0 Å². The average Bonchev–Trinajstić information content (AvgIpc) is 3.64. The van der Waals surface area contributed by atoms with Crippen LogP contribution in [0.3, 0.4) is 0 Å². The summed E-state index contributed by atoms with van der Waals surface area (Å²) < 4.78 is 23.5. The molecule has 0 fully saturated rings. The van der Waals surface area contributed by atoms with Crippen molar-refractivity contribution < 1.29 is 32.9 Å². The first-order chi connectivity index (χ1) is 43.5. The lowest BCUT2D eigenvalue weighted by atomic mass is 10.0. The summed E-state index contributed by atoms with van der Waals surface area (Å²) in [5, 5.41) is 14.0. The zero-order chi connectivity index (χ0) is 64.8. The molecule has 0 spiro atoms. The minimum absolute atomic E-state index is 0.00589. The zero-order valence-electron chi connectivity index (χ0n) is 59.1. The highest BCUT2D eigenvalue weighted by atomic mass is 31.2. The number of aliphatic hydroxyl groups is 1. The second-order valence-electron chi connectivity index (χ2n) is 26.6. The quantitative estimate of drug-likeness (QED) is 0.0272. The fraction of sp³-hybridized carbons (Fsp3) is 0.762. The standard InChI is InChI=1S/C80H145N2O6P/c1-6-8-10-12-14-16-18-20-22-24-26-28-30-32-34-36-38-40-41-42-44-46-48-50-52-54-56-58-60-62-64-66-68-70-72-74-80(84)81-78(77-88-89(85,86)87-76-75-82(3,4)5)79(83)73-71-69-67-65-63-61-59-57-55-53-51-49-47-45-43-39-37-35-33-31-29-27-25-23-21-19-17-15-13-11-9-7-2/h8,10,14,16,20,22,26,28,32,34,38,40,42,44,48,50,71,73,78-79,83H,6-7,9,11-13,15,17-19,21,23-25,27,29-31,33,35-37,39,41,43,45-47,49,51-70,72,74-77H2,1-5H3,(H-,81,84,85,86)/b10-8-,16-14-,22-20-,28-26-,34-32-,40-38-,44-42-,50-48-,73-71+.